The summed E-state index contributed by atoms with van der Waals surface area (Å²) in [6.07, 6.45) is -0.0638. The number of hydrogen-bond acceptors (Lipinski definition) is 8. The van der Waals surface area contributed by atoms with E-state index < -0.39 is 46.9 Å². The number of nitro benzene ring substituents is 1. The van der Waals surface area contributed by atoms with Gasteiger partial charge in [0.15, 0.2) is 5.96 Å². The van der Waals surface area contributed by atoms with Crippen LogP contribution in [0.5, 0.6) is 0 Å². The number of nitrogens with zero attached hydrogens (tertiary/aromatic N) is 2. The lowest BCUT2D eigenvalue weighted by Crippen LogP contribution is -2.56. The summed E-state index contributed by atoms with van der Waals surface area (Å²) in [6, 6.07) is 20.1. The number of carbonyl (C=O) groups excluding carboxylic acids is 4. The van der Waals surface area contributed by atoms with Crippen molar-refractivity contribution in [1.29, 1.82) is 0 Å². The van der Waals surface area contributed by atoms with Gasteiger partial charge in [0.2, 0.25) is 17.7 Å². The van der Waals surface area contributed by atoms with Crippen molar-refractivity contribution < 1.29 is 28.8 Å². The Hall–Kier alpha value is -5.99. The van der Waals surface area contributed by atoms with E-state index in [-0.39, 0.29) is 50.0 Å². The van der Waals surface area contributed by atoms with Gasteiger partial charge in [0.25, 0.3) is 5.69 Å². The normalized spacial score (nSPS) is 12.5. The third-order valence-electron chi connectivity index (χ3n) is 7.37. The van der Waals surface area contributed by atoms with E-state index in [1.807, 2.05) is 38.1 Å². The number of alkyl carbamates (subject to hydrolysis) is 1. The summed E-state index contributed by atoms with van der Waals surface area (Å²) in [6.45, 7) is 3.92. The minimum absolute atomic E-state index is 0.0126. The first kappa shape index (κ1) is 38.5. The van der Waals surface area contributed by atoms with E-state index in [1.54, 1.807) is 36.4 Å². The average molecular weight is 689 g/mol. The molecule has 4 amide bonds. The van der Waals surface area contributed by atoms with E-state index in [2.05, 4.69) is 26.3 Å². The Bertz CT molecular complexity index is 1600. The molecule has 0 fully saturated rings. The second-order valence-electron chi connectivity index (χ2n) is 11.9. The van der Waals surface area contributed by atoms with Crippen LogP contribution in [0.3, 0.4) is 0 Å². The first-order chi connectivity index (χ1) is 23.9. The van der Waals surface area contributed by atoms with Crippen molar-refractivity contribution in [2.75, 3.05) is 11.9 Å². The topological polar surface area (TPSA) is 233 Å². The van der Waals surface area contributed by atoms with Gasteiger partial charge in [-0.3, -0.25) is 29.5 Å². The second kappa shape index (κ2) is 19.7. The van der Waals surface area contributed by atoms with Crippen LogP contribution in [0.4, 0.5) is 16.2 Å². The van der Waals surface area contributed by atoms with Gasteiger partial charge in [0.1, 0.15) is 24.7 Å². The molecule has 0 saturated carbocycles. The molecule has 0 heterocycles. The highest BCUT2D eigenvalue weighted by atomic mass is 16.6. The van der Waals surface area contributed by atoms with Gasteiger partial charge in [0.05, 0.1) is 4.92 Å². The molecule has 3 atom stereocenters. The molecular formula is C35H44N8O7. The molecule has 0 spiro atoms. The van der Waals surface area contributed by atoms with Crippen molar-refractivity contribution >= 4 is 41.1 Å². The number of anilines is 1. The second-order valence-corrected chi connectivity index (χ2v) is 11.9. The van der Waals surface area contributed by atoms with Gasteiger partial charge in [-0.25, -0.2) is 4.79 Å². The summed E-state index contributed by atoms with van der Waals surface area (Å²) in [5.74, 6) is -1.98. The monoisotopic (exact) mass is 688 g/mol. The van der Waals surface area contributed by atoms with Crippen LogP contribution in [0, 0.1) is 16.0 Å². The van der Waals surface area contributed by atoms with Crippen LogP contribution in [0.25, 0.3) is 0 Å². The van der Waals surface area contributed by atoms with Crippen LogP contribution >= 0.6 is 0 Å². The Balaban J connectivity index is 1.78. The summed E-state index contributed by atoms with van der Waals surface area (Å²) in [7, 11) is 0. The molecule has 3 aromatic rings. The number of benzene rings is 3. The molecule has 0 aliphatic rings. The Morgan fingerprint density at radius 2 is 1.36 bits per heavy atom. The van der Waals surface area contributed by atoms with Gasteiger partial charge in [-0.2, -0.15) is 0 Å². The van der Waals surface area contributed by atoms with Crippen LogP contribution in [-0.4, -0.2) is 59.4 Å². The fourth-order valence-corrected chi connectivity index (χ4v) is 4.88. The SMILES string of the molecule is CC(C)C[C@H](NC(=O)[C@H](CCCN=C(N)N)NC(=O)[C@H](Cc1ccccc1)NC(=O)OCc1ccccc1)C(=O)Nc1ccc([N+](=O)[O-])cc1. The molecule has 8 N–H and O–H groups in total. The summed E-state index contributed by atoms with van der Waals surface area (Å²) >= 11 is 0. The van der Waals surface area contributed by atoms with Crippen molar-refractivity contribution in [3.05, 3.63) is 106 Å². The van der Waals surface area contributed by atoms with Gasteiger partial charge >= 0.3 is 6.09 Å². The van der Waals surface area contributed by atoms with Crippen molar-refractivity contribution in [1.82, 2.24) is 16.0 Å². The molecule has 3 rings (SSSR count). The number of amides is 4. The average Bonchev–Trinajstić information content (AvgIpc) is 3.08. The molecule has 50 heavy (non-hydrogen) atoms. The molecule has 15 heteroatoms. The molecule has 266 valence electrons. The van der Waals surface area contributed by atoms with Crippen LogP contribution < -0.4 is 32.7 Å². The van der Waals surface area contributed by atoms with Crippen LogP contribution in [0.2, 0.25) is 0 Å². The van der Waals surface area contributed by atoms with E-state index in [4.69, 9.17) is 16.2 Å². The Morgan fingerprint density at radius 3 is 1.94 bits per heavy atom. The van der Waals surface area contributed by atoms with Gasteiger partial charge in [-0.15, -0.1) is 0 Å². The number of nitro groups is 1. The molecule has 0 radical (unpaired) electrons. The maximum Gasteiger partial charge on any atom is 0.408 e. The van der Waals surface area contributed by atoms with Crippen LogP contribution in [-0.2, 0) is 32.1 Å². The lowest BCUT2D eigenvalue weighted by atomic mass is 10.0. The molecule has 0 saturated heterocycles. The third kappa shape index (κ3) is 13.6. The number of nitrogens with one attached hydrogen (secondary N) is 4. The minimum atomic E-state index is -1.14. The smallest absolute Gasteiger partial charge is 0.408 e. The zero-order chi connectivity index (χ0) is 36.5. The first-order valence-electron chi connectivity index (χ1n) is 16.1. The van der Waals surface area contributed by atoms with E-state index in [9.17, 15) is 29.3 Å². The molecule has 0 aliphatic heterocycles. The summed E-state index contributed by atoms with van der Waals surface area (Å²) in [4.78, 5) is 68.1. The number of hydrogen-bond donors (Lipinski definition) is 6. The van der Waals surface area contributed by atoms with E-state index in [0.717, 1.165) is 11.1 Å². The highest BCUT2D eigenvalue weighted by molar-refractivity contribution is 5.99. The quantitative estimate of drug-likeness (QED) is 0.0378. The number of nitrogens with two attached hydrogens (primary N) is 2. The molecule has 15 nitrogen and oxygen atoms in total. The zero-order valence-electron chi connectivity index (χ0n) is 28.0. The Morgan fingerprint density at radius 1 is 0.780 bits per heavy atom. The number of carbonyl (C=O) groups is 4. The molecule has 3 aromatic carbocycles. The van der Waals surface area contributed by atoms with Gasteiger partial charge < -0.3 is 37.5 Å². The molecule has 0 unspecified atom stereocenters. The van der Waals surface area contributed by atoms with Crippen LogP contribution in [0.1, 0.15) is 44.2 Å². The maximum absolute atomic E-state index is 13.8. The largest absolute Gasteiger partial charge is 0.445 e. The molecule has 0 bridgehead atoms. The highest BCUT2D eigenvalue weighted by Gasteiger charge is 2.30. The molecule has 0 aliphatic carbocycles. The minimum Gasteiger partial charge on any atom is -0.445 e. The van der Waals surface area contributed by atoms with E-state index in [0.29, 0.717) is 12.1 Å². The van der Waals surface area contributed by atoms with Crippen molar-refractivity contribution in [3.8, 4) is 0 Å². The predicted molar refractivity (Wildman–Crippen MR) is 189 cm³/mol. The number of rotatable bonds is 18. The lowest BCUT2D eigenvalue weighted by Gasteiger charge is -2.26. The highest BCUT2D eigenvalue weighted by Crippen LogP contribution is 2.17. The summed E-state index contributed by atoms with van der Waals surface area (Å²) in [5, 5.41) is 21.8. The number of ether oxygens (including phenoxy) is 1. The lowest BCUT2D eigenvalue weighted by molar-refractivity contribution is -0.384. The van der Waals surface area contributed by atoms with E-state index in [1.165, 1.54) is 24.3 Å². The standard InChI is InChI=1S/C35H44N8O7/c1-23(2)20-29(32(45)39-26-15-17-27(18-16-26)43(48)49)41-31(44)28(14-9-19-38-34(36)37)40-33(46)30(21-24-10-5-3-6-11-24)42-35(47)50-22-25-12-7-4-8-13-25/h3-8,10-13,15-18,23,28-30H,9,14,19-22H2,1-2H3,(H,39,45)(H,40,46)(H,41,44)(H,42,47)(H4,36,37,38)/t28-,29-,30-/m0/s1. The molecular weight excluding hydrogens is 644 g/mol. The summed E-state index contributed by atoms with van der Waals surface area (Å²) in [5.41, 5.74) is 12.6. The first-order valence-corrected chi connectivity index (χ1v) is 16.1. The van der Waals surface area contributed by atoms with Gasteiger partial charge in [0, 0.05) is 30.8 Å². The van der Waals surface area contributed by atoms with Gasteiger partial charge in [-0.1, -0.05) is 74.5 Å². The van der Waals surface area contributed by atoms with Gasteiger partial charge in [-0.05, 0) is 48.4 Å². The molecule has 0 aromatic heterocycles. The van der Waals surface area contributed by atoms with Crippen LogP contribution in [0.15, 0.2) is 89.9 Å². The third-order valence-corrected chi connectivity index (χ3v) is 7.37. The zero-order valence-corrected chi connectivity index (χ0v) is 28.0. The Labute approximate surface area is 290 Å². The van der Waals surface area contributed by atoms with Crippen molar-refractivity contribution in [2.45, 2.75) is 64.3 Å². The maximum atomic E-state index is 13.8. The van der Waals surface area contributed by atoms with Crippen molar-refractivity contribution in [2.24, 2.45) is 22.4 Å². The van der Waals surface area contributed by atoms with Crippen molar-refractivity contribution in [3.63, 3.8) is 0 Å². The van der Waals surface area contributed by atoms with E-state index >= 15 is 0 Å². The fourth-order valence-electron chi connectivity index (χ4n) is 4.88. The Kier molecular flexibility index (Phi) is 15.2. The predicted octanol–water partition coefficient (Wildman–Crippen LogP) is 3.14. The fraction of sp³-hybridized carbons (Fsp3) is 0.343. The number of aliphatic imine (C=N–C) groups is 1. The number of non-ortho nitro benzene ring substituents is 1. The summed E-state index contributed by atoms with van der Waals surface area (Å²) < 4.78 is 5.36. The number of guanidine groups is 1.